The molecular weight excluding hydrogens is 262 g/mol. The molecular formula is C11H14ClNO5. The summed E-state index contributed by atoms with van der Waals surface area (Å²) in [7, 11) is 1.33. The maximum atomic E-state index is 10.9. The summed E-state index contributed by atoms with van der Waals surface area (Å²) in [4.78, 5) is 21.6. The fourth-order valence-electron chi connectivity index (χ4n) is 1.48. The van der Waals surface area contributed by atoms with Gasteiger partial charge in [0, 0.05) is 6.42 Å². The van der Waals surface area contributed by atoms with E-state index in [-0.39, 0.29) is 30.1 Å². The molecule has 1 unspecified atom stereocenters. The van der Waals surface area contributed by atoms with Crippen LogP contribution in [0.15, 0.2) is 18.2 Å². The van der Waals surface area contributed by atoms with E-state index in [2.05, 4.69) is 0 Å². The van der Waals surface area contributed by atoms with Crippen LogP contribution in [0.4, 0.5) is 0 Å². The number of methoxy groups -OCH3 is 1. The lowest BCUT2D eigenvalue weighted by Crippen LogP contribution is -2.32. The molecule has 0 aliphatic carbocycles. The number of carbonyl (C=O) groups is 2. The van der Waals surface area contributed by atoms with Gasteiger partial charge in [0.1, 0.15) is 17.4 Å². The average molecular weight is 276 g/mol. The van der Waals surface area contributed by atoms with Crippen LogP contribution in [0.25, 0.3) is 0 Å². The lowest BCUT2D eigenvalue weighted by Gasteiger charge is -2.12. The molecule has 0 heterocycles. The Morgan fingerprint density at radius 1 is 1.39 bits per heavy atom. The van der Waals surface area contributed by atoms with Crippen molar-refractivity contribution in [1.29, 1.82) is 0 Å². The zero-order valence-corrected chi connectivity index (χ0v) is 10.4. The number of carboxylic acid groups (broad SMARTS) is 2. The van der Waals surface area contributed by atoms with Gasteiger partial charge in [0.25, 0.3) is 0 Å². The number of carboxylic acids is 2. The van der Waals surface area contributed by atoms with Crippen molar-refractivity contribution in [2.75, 3.05) is 7.11 Å². The Morgan fingerprint density at radius 2 is 2.00 bits per heavy atom. The van der Waals surface area contributed by atoms with Crippen LogP contribution in [0.3, 0.4) is 0 Å². The number of halogens is 1. The van der Waals surface area contributed by atoms with Gasteiger partial charge in [-0.15, -0.1) is 12.4 Å². The van der Waals surface area contributed by atoms with E-state index >= 15 is 0 Å². The fourth-order valence-corrected chi connectivity index (χ4v) is 1.48. The number of hydrogen-bond donors (Lipinski definition) is 3. The summed E-state index contributed by atoms with van der Waals surface area (Å²) in [5.74, 6) is -2.13. The summed E-state index contributed by atoms with van der Waals surface area (Å²) < 4.78 is 4.99. The third kappa shape index (κ3) is 3.61. The van der Waals surface area contributed by atoms with Crippen molar-refractivity contribution in [3.63, 3.8) is 0 Å². The number of rotatable bonds is 5. The van der Waals surface area contributed by atoms with Gasteiger partial charge >= 0.3 is 11.9 Å². The molecule has 0 amide bonds. The Morgan fingerprint density at radius 3 is 2.44 bits per heavy atom. The molecule has 0 aliphatic heterocycles. The van der Waals surface area contributed by atoms with Gasteiger partial charge in [-0.05, 0) is 11.6 Å². The van der Waals surface area contributed by atoms with Crippen molar-refractivity contribution in [1.82, 2.24) is 0 Å². The molecule has 0 bridgehead atoms. The number of ether oxygens (including phenoxy) is 1. The van der Waals surface area contributed by atoms with Gasteiger partial charge in [-0.2, -0.15) is 0 Å². The zero-order valence-electron chi connectivity index (χ0n) is 9.62. The van der Waals surface area contributed by atoms with Crippen molar-refractivity contribution >= 4 is 24.3 Å². The van der Waals surface area contributed by atoms with Crippen molar-refractivity contribution < 1.29 is 24.5 Å². The summed E-state index contributed by atoms with van der Waals surface area (Å²) in [5.41, 5.74) is 5.84. The summed E-state index contributed by atoms with van der Waals surface area (Å²) in [6, 6.07) is 3.41. The van der Waals surface area contributed by atoms with Gasteiger partial charge in [-0.1, -0.05) is 12.1 Å². The van der Waals surface area contributed by atoms with Crippen molar-refractivity contribution in [3.05, 3.63) is 29.3 Å². The topological polar surface area (TPSA) is 110 Å². The first-order chi connectivity index (χ1) is 7.97. The van der Waals surface area contributed by atoms with Crippen LogP contribution in [0.1, 0.15) is 15.9 Å². The standard InChI is InChI=1S/C11H13NO5.ClH/c1-17-9-6(5-8(12)11(15)16)3-2-4-7(9)10(13)14;/h2-4,8H,5,12H2,1H3,(H,13,14)(H,15,16);1H. The van der Waals surface area contributed by atoms with Gasteiger partial charge in [0.2, 0.25) is 0 Å². The third-order valence-corrected chi connectivity index (χ3v) is 2.29. The number of hydrogen-bond acceptors (Lipinski definition) is 4. The predicted octanol–water partition coefficient (Wildman–Crippen LogP) is 0.770. The van der Waals surface area contributed by atoms with E-state index in [1.54, 1.807) is 6.07 Å². The van der Waals surface area contributed by atoms with Gasteiger partial charge < -0.3 is 20.7 Å². The lowest BCUT2D eigenvalue weighted by molar-refractivity contribution is -0.138. The molecule has 1 aromatic rings. The summed E-state index contributed by atoms with van der Waals surface area (Å²) in [6.45, 7) is 0. The highest BCUT2D eigenvalue weighted by Crippen LogP contribution is 2.24. The van der Waals surface area contributed by atoms with E-state index in [1.807, 2.05) is 0 Å². The molecule has 0 saturated heterocycles. The molecule has 6 nitrogen and oxygen atoms in total. The highest BCUT2D eigenvalue weighted by molar-refractivity contribution is 5.91. The van der Waals surface area contributed by atoms with E-state index in [0.717, 1.165) is 0 Å². The number of aliphatic carboxylic acids is 1. The van der Waals surface area contributed by atoms with Crippen LogP contribution < -0.4 is 10.5 Å². The molecule has 100 valence electrons. The molecule has 0 radical (unpaired) electrons. The molecule has 1 atom stereocenters. The van der Waals surface area contributed by atoms with Gasteiger partial charge in [0.05, 0.1) is 7.11 Å². The number of aromatic carboxylic acids is 1. The summed E-state index contributed by atoms with van der Waals surface area (Å²) >= 11 is 0. The van der Waals surface area contributed by atoms with Crippen molar-refractivity contribution in [3.8, 4) is 5.75 Å². The van der Waals surface area contributed by atoms with E-state index in [9.17, 15) is 9.59 Å². The normalized spacial score (nSPS) is 11.2. The zero-order chi connectivity index (χ0) is 13.0. The molecule has 7 heteroatoms. The Hall–Kier alpha value is -1.79. The largest absolute Gasteiger partial charge is 0.496 e. The predicted molar refractivity (Wildman–Crippen MR) is 66.5 cm³/mol. The van der Waals surface area contributed by atoms with E-state index in [1.165, 1.54) is 19.2 Å². The number of para-hydroxylation sites is 1. The lowest BCUT2D eigenvalue weighted by atomic mass is 10.0. The third-order valence-electron chi connectivity index (χ3n) is 2.29. The average Bonchev–Trinajstić information content (AvgIpc) is 2.28. The molecule has 0 saturated carbocycles. The smallest absolute Gasteiger partial charge is 0.339 e. The van der Waals surface area contributed by atoms with Crippen LogP contribution >= 0.6 is 12.4 Å². The first kappa shape index (κ1) is 16.2. The molecule has 4 N–H and O–H groups in total. The minimum absolute atomic E-state index is 0. The van der Waals surface area contributed by atoms with Gasteiger partial charge in [-0.3, -0.25) is 4.79 Å². The minimum atomic E-state index is -1.15. The minimum Gasteiger partial charge on any atom is -0.496 e. The Kier molecular flexibility index (Phi) is 6.15. The maximum Gasteiger partial charge on any atom is 0.339 e. The van der Waals surface area contributed by atoms with Crippen LogP contribution in [0.2, 0.25) is 0 Å². The van der Waals surface area contributed by atoms with E-state index in [4.69, 9.17) is 20.7 Å². The monoisotopic (exact) mass is 275 g/mol. The number of nitrogens with two attached hydrogens (primary N) is 1. The summed E-state index contributed by atoms with van der Waals surface area (Å²) in [6.07, 6.45) is 0.0135. The van der Waals surface area contributed by atoms with Crippen molar-refractivity contribution in [2.45, 2.75) is 12.5 Å². The Balaban J connectivity index is 0.00000289. The molecule has 1 rings (SSSR count). The molecule has 0 aliphatic rings. The Bertz CT molecular complexity index is 449. The molecule has 1 aromatic carbocycles. The summed E-state index contributed by atoms with van der Waals surface area (Å²) in [5, 5.41) is 17.6. The van der Waals surface area contributed by atoms with Crippen LogP contribution in [0.5, 0.6) is 5.75 Å². The second kappa shape index (κ2) is 6.83. The highest BCUT2D eigenvalue weighted by atomic mass is 35.5. The maximum absolute atomic E-state index is 10.9. The van der Waals surface area contributed by atoms with Gasteiger partial charge in [-0.25, -0.2) is 4.79 Å². The fraction of sp³-hybridized carbons (Fsp3) is 0.273. The van der Waals surface area contributed by atoms with Crippen molar-refractivity contribution in [2.24, 2.45) is 5.73 Å². The van der Waals surface area contributed by atoms with E-state index < -0.39 is 18.0 Å². The Labute approximate surface area is 110 Å². The highest BCUT2D eigenvalue weighted by Gasteiger charge is 2.19. The first-order valence-corrected chi connectivity index (χ1v) is 4.85. The SMILES string of the molecule is COc1c(CC(N)C(=O)O)cccc1C(=O)O.Cl. The molecule has 0 spiro atoms. The van der Waals surface area contributed by atoms with E-state index in [0.29, 0.717) is 5.56 Å². The van der Waals surface area contributed by atoms with Crippen LogP contribution in [0, 0.1) is 0 Å². The van der Waals surface area contributed by atoms with Crippen LogP contribution in [-0.4, -0.2) is 35.3 Å². The molecule has 0 fully saturated rings. The van der Waals surface area contributed by atoms with Crippen LogP contribution in [-0.2, 0) is 11.2 Å². The molecule has 18 heavy (non-hydrogen) atoms. The molecule has 0 aromatic heterocycles. The second-order valence-electron chi connectivity index (χ2n) is 3.45. The first-order valence-electron chi connectivity index (χ1n) is 4.85. The van der Waals surface area contributed by atoms with Gasteiger partial charge in [0.15, 0.2) is 0 Å². The quantitative estimate of drug-likeness (QED) is 0.732. The number of benzene rings is 1. The second-order valence-corrected chi connectivity index (χ2v) is 3.45.